The van der Waals surface area contributed by atoms with Crippen LogP contribution in [0.5, 0.6) is 0 Å². The van der Waals surface area contributed by atoms with Crippen molar-refractivity contribution < 1.29 is 22.4 Å². The molecule has 3 aromatic heterocycles. The number of hydrogen-bond donors (Lipinski definition) is 1. The number of rotatable bonds is 4. The van der Waals surface area contributed by atoms with Gasteiger partial charge in [0, 0.05) is 25.0 Å². The third kappa shape index (κ3) is 4.54. The van der Waals surface area contributed by atoms with Gasteiger partial charge in [-0.1, -0.05) is 0 Å². The monoisotopic (exact) mass is 486 g/mol. The topological polar surface area (TPSA) is 83.9 Å². The number of aromatic nitrogens is 4. The van der Waals surface area contributed by atoms with E-state index in [1.807, 2.05) is 6.92 Å². The second-order valence-corrected chi connectivity index (χ2v) is 8.96. The van der Waals surface area contributed by atoms with E-state index in [9.17, 15) is 22.4 Å². The molecule has 3 aromatic rings. The van der Waals surface area contributed by atoms with Crippen LogP contribution in [-0.2, 0) is 6.18 Å². The van der Waals surface area contributed by atoms with E-state index in [0.29, 0.717) is 17.9 Å². The number of pyridine rings is 2. The van der Waals surface area contributed by atoms with Crippen LogP contribution in [-0.4, -0.2) is 49.4 Å². The molecule has 0 aromatic carbocycles. The fourth-order valence-electron chi connectivity index (χ4n) is 5.00. The molecule has 2 bridgehead atoms. The molecule has 2 aliphatic heterocycles. The summed E-state index contributed by atoms with van der Waals surface area (Å²) in [5.74, 6) is -0.0742. The average Bonchev–Trinajstić information content (AvgIpc) is 2.84. The van der Waals surface area contributed by atoms with E-state index in [1.165, 1.54) is 6.07 Å². The number of anilines is 1. The molecule has 1 aliphatic carbocycles. The molecule has 1 amide bonds. The van der Waals surface area contributed by atoms with Crippen molar-refractivity contribution >= 4 is 11.7 Å². The molecule has 6 rings (SSSR count). The standard InChI is InChI=1S/C24H22F4N6O/c1-13-6-7-29-21(20(13)22-31-10-16(25)11-32-22)23(35)34-12-14-2-4-18(34)17(8-14)33-19-5-3-15(9-30-19)24(26,27)28/h3,5-7,9-11,14,17-18H,2,4,8,12H2,1H3,(H,30,33)/t14-,17-,18+/m1/s1. The second kappa shape index (κ2) is 8.86. The lowest BCUT2D eigenvalue weighted by Gasteiger charge is -2.50. The van der Waals surface area contributed by atoms with Crippen LogP contribution in [0.1, 0.15) is 40.9 Å². The van der Waals surface area contributed by atoms with Crippen LogP contribution in [0, 0.1) is 18.7 Å². The summed E-state index contributed by atoms with van der Waals surface area (Å²) in [5, 5.41) is 3.23. The number of nitrogens with one attached hydrogen (secondary N) is 1. The molecule has 3 fully saturated rings. The maximum absolute atomic E-state index is 13.7. The lowest BCUT2D eigenvalue weighted by atomic mass is 9.76. The van der Waals surface area contributed by atoms with Crippen LogP contribution in [0.4, 0.5) is 23.4 Å². The van der Waals surface area contributed by atoms with Crippen molar-refractivity contribution in [2.24, 2.45) is 5.92 Å². The molecular formula is C24H22F4N6O. The van der Waals surface area contributed by atoms with Gasteiger partial charge in [0.15, 0.2) is 11.6 Å². The van der Waals surface area contributed by atoms with Crippen LogP contribution >= 0.6 is 0 Å². The fourth-order valence-corrected chi connectivity index (χ4v) is 5.00. The lowest BCUT2D eigenvalue weighted by molar-refractivity contribution is -0.137. The summed E-state index contributed by atoms with van der Waals surface area (Å²) in [6, 6.07) is 3.70. The molecule has 1 N–H and O–H groups in total. The van der Waals surface area contributed by atoms with Crippen LogP contribution in [0.15, 0.2) is 43.0 Å². The molecule has 5 heterocycles. The number of fused-ring (bicyclic) bond motifs is 3. The average molecular weight is 486 g/mol. The van der Waals surface area contributed by atoms with Gasteiger partial charge in [-0.15, -0.1) is 0 Å². The van der Waals surface area contributed by atoms with Crippen molar-refractivity contribution in [2.75, 3.05) is 11.9 Å². The van der Waals surface area contributed by atoms with Gasteiger partial charge in [0.2, 0.25) is 0 Å². The summed E-state index contributed by atoms with van der Waals surface area (Å²) < 4.78 is 52.0. The Hall–Kier alpha value is -3.63. The maximum Gasteiger partial charge on any atom is 0.417 e. The van der Waals surface area contributed by atoms with E-state index < -0.39 is 17.6 Å². The first kappa shape index (κ1) is 23.1. The van der Waals surface area contributed by atoms with Crippen molar-refractivity contribution in [1.82, 2.24) is 24.8 Å². The minimum Gasteiger partial charge on any atom is -0.365 e. The first-order valence-corrected chi connectivity index (χ1v) is 11.2. The minimum atomic E-state index is -4.45. The Kier molecular flexibility index (Phi) is 5.86. The number of carbonyl (C=O) groups is 1. The number of amides is 1. The zero-order valence-electron chi connectivity index (χ0n) is 18.8. The first-order chi connectivity index (χ1) is 16.7. The third-order valence-electron chi connectivity index (χ3n) is 6.67. The summed E-state index contributed by atoms with van der Waals surface area (Å²) in [5.41, 5.74) is 0.565. The second-order valence-electron chi connectivity index (χ2n) is 8.96. The van der Waals surface area contributed by atoms with Crippen LogP contribution in [0.3, 0.4) is 0 Å². The summed E-state index contributed by atoms with van der Waals surface area (Å²) in [6.45, 7) is 2.37. The Balaban J connectivity index is 1.41. The number of hydrogen-bond acceptors (Lipinski definition) is 6. The Labute approximate surface area is 198 Å². The first-order valence-electron chi connectivity index (χ1n) is 11.2. The van der Waals surface area contributed by atoms with Gasteiger partial charge in [0.1, 0.15) is 11.5 Å². The molecule has 2 saturated heterocycles. The molecule has 1 saturated carbocycles. The molecule has 3 aliphatic rings. The predicted octanol–water partition coefficient (Wildman–Crippen LogP) is 4.51. The van der Waals surface area contributed by atoms with E-state index in [1.54, 1.807) is 17.2 Å². The zero-order chi connectivity index (χ0) is 24.7. The molecular weight excluding hydrogens is 464 g/mol. The number of alkyl halides is 3. The minimum absolute atomic E-state index is 0.161. The van der Waals surface area contributed by atoms with E-state index in [2.05, 4.69) is 25.3 Å². The number of carbonyl (C=O) groups excluding carboxylic acids is 1. The van der Waals surface area contributed by atoms with Crippen molar-refractivity contribution in [3.63, 3.8) is 0 Å². The number of nitrogens with zero attached hydrogens (tertiary/aromatic N) is 5. The lowest BCUT2D eigenvalue weighted by Crippen LogP contribution is -2.60. The van der Waals surface area contributed by atoms with Crippen LogP contribution in [0.25, 0.3) is 11.4 Å². The van der Waals surface area contributed by atoms with Gasteiger partial charge in [0.25, 0.3) is 5.91 Å². The highest BCUT2D eigenvalue weighted by Gasteiger charge is 2.44. The molecule has 7 nitrogen and oxygen atoms in total. The zero-order valence-corrected chi connectivity index (χ0v) is 18.8. The number of piperidine rings is 2. The Morgan fingerprint density at radius 2 is 1.83 bits per heavy atom. The molecule has 11 heteroatoms. The normalized spacial score (nSPS) is 21.7. The van der Waals surface area contributed by atoms with Crippen molar-refractivity contribution in [3.05, 3.63) is 65.6 Å². The Bertz CT molecular complexity index is 1230. The van der Waals surface area contributed by atoms with Gasteiger partial charge in [-0.25, -0.2) is 19.3 Å². The van der Waals surface area contributed by atoms with Crippen molar-refractivity contribution in [3.8, 4) is 11.4 Å². The van der Waals surface area contributed by atoms with Crippen molar-refractivity contribution in [1.29, 1.82) is 0 Å². The summed E-state index contributed by atoms with van der Waals surface area (Å²) in [6.07, 6.45) is 2.48. The molecule has 182 valence electrons. The van der Waals surface area contributed by atoms with Gasteiger partial charge >= 0.3 is 6.18 Å². The highest BCUT2D eigenvalue weighted by atomic mass is 19.4. The molecule has 0 radical (unpaired) electrons. The molecule has 0 spiro atoms. The van der Waals surface area contributed by atoms with Gasteiger partial charge < -0.3 is 10.2 Å². The number of aryl methyl sites for hydroxylation is 1. The highest BCUT2D eigenvalue weighted by Crippen LogP contribution is 2.38. The maximum atomic E-state index is 13.7. The third-order valence-corrected chi connectivity index (χ3v) is 6.67. The summed E-state index contributed by atoms with van der Waals surface area (Å²) in [4.78, 5) is 31.8. The van der Waals surface area contributed by atoms with E-state index >= 15 is 0 Å². The molecule has 3 atom stereocenters. The van der Waals surface area contributed by atoms with Gasteiger partial charge in [-0.05, 0) is 55.9 Å². The quantitative estimate of drug-likeness (QED) is 0.547. The van der Waals surface area contributed by atoms with Gasteiger partial charge in [0.05, 0.1) is 29.6 Å². The van der Waals surface area contributed by atoms with Gasteiger partial charge in [-0.2, -0.15) is 13.2 Å². The van der Waals surface area contributed by atoms with Crippen LogP contribution < -0.4 is 5.32 Å². The fraction of sp³-hybridized carbons (Fsp3) is 0.375. The molecule has 0 unspecified atom stereocenters. The number of halogens is 4. The SMILES string of the molecule is Cc1ccnc(C(=O)N2C[C@@H]3CC[C@H]2[C@H](Nc2ccc(C(F)(F)F)cn2)C3)c1-c1ncc(F)cn1. The summed E-state index contributed by atoms with van der Waals surface area (Å²) >= 11 is 0. The van der Waals surface area contributed by atoms with Gasteiger partial charge in [-0.3, -0.25) is 9.78 Å². The van der Waals surface area contributed by atoms with E-state index in [-0.39, 0.29) is 35.4 Å². The molecule has 35 heavy (non-hydrogen) atoms. The Morgan fingerprint density at radius 3 is 2.49 bits per heavy atom. The van der Waals surface area contributed by atoms with E-state index in [0.717, 1.165) is 49.5 Å². The van der Waals surface area contributed by atoms with Crippen LogP contribution in [0.2, 0.25) is 0 Å². The predicted molar refractivity (Wildman–Crippen MR) is 119 cm³/mol. The largest absolute Gasteiger partial charge is 0.417 e. The summed E-state index contributed by atoms with van der Waals surface area (Å²) in [7, 11) is 0. The smallest absolute Gasteiger partial charge is 0.365 e. The highest BCUT2D eigenvalue weighted by molar-refractivity contribution is 5.99. The van der Waals surface area contributed by atoms with E-state index in [4.69, 9.17) is 0 Å². The Morgan fingerprint density at radius 1 is 1.06 bits per heavy atom. The van der Waals surface area contributed by atoms with Crippen molar-refractivity contribution in [2.45, 2.75) is 44.4 Å².